The lowest BCUT2D eigenvalue weighted by Gasteiger charge is -2.07. The Labute approximate surface area is 131 Å². The molecule has 0 aliphatic rings. The molecule has 5 nitrogen and oxygen atoms in total. The summed E-state index contributed by atoms with van der Waals surface area (Å²) >= 11 is 11.4. The maximum absolute atomic E-state index is 11.8. The van der Waals surface area contributed by atoms with E-state index in [0.717, 1.165) is 15.8 Å². The molecule has 0 aliphatic carbocycles. The average Bonchev–Trinajstić information content (AvgIpc) is 2.47. The maximum atomic E-state index is 11.8. The molecule has 0 unspecified atom stereocenters. The minimum atomic E-state index is -0.588. The summed E-state index contributed by atoms with van der Waals surface area (Å²) in [6.07, 6.45) is 1.23. The zero-order valence-electron chi connectivity index (χ0n) is 11.3. The van der Waals surface area contributed by atoms with Crippen LogP contribution in [0.2, 0.25) is 10.0 Å². The van der Waals surface area contributed by atoms with E-state index in [0.29, 0.717) is 6.54 Å². The summed E-state index contributed by atoms with van der Waals surface area (Å²) in [4.78, 5) is 23.6. The van der Waals surface area contributed by atoms with Gasteiger partial charge in [0.15, 0.2) is 0 Å². The van der Waals surface area contributed by atoms with Gasteiger partial charge in [-0.2, -0.15) is 5.10 Å². The van der Waals surface area contributed by atoms with E-state index >= 15 is 0 Å². The number of hydrogen-bond donors (Lipinski definition) is 1. The van der Waals surface area contributed by atoms with Crippen LogP contribution in [-0.4, -0.2) is 15.7 Å². The highest BCUT2D eigenvalue weighted by Gasteiger charge is 2.10. The third-order valence-electron chi connectivity index (χ3n) is 2.85. The number of halogens is 2. The fourth-order valence-electron chi connectivity index (χ4n) is 1.66. The van der Waals surface area contributed by atoms with Crippen LogP contribution in [0.1, 0.15) is 11.1 Å². The van der Waals surface area contributed by atoms with E-state index in [4.69, 9.17) is 23.2 Å². The SMILES string of the molecule is Cc1ccc(CNC(=O)Cn2ncc(Cl)c(Cl)c2=O)cc1. The first-order chi connectivity index (χ1) is 9.97. The van der Waals surface area contributed by atoms with Gasteiger partial charge in [-0.3, -0.25) is 9.59 Å². The Morgan fingerprint density at radius 3 is 2.62 bits per heavy atom. The van der Waals surface area contributed by atoms with Gasteiger partial charge in [0.2, 0.25) is 5.91 Å². The number of amides is 1. The number of carbonyl (C=O) groups is 1. The van der Waals surface area contributed by atoms with E-state index in [9.17, 15) is 9.59 Å². The molecule has 0 fully saturated rings. The van der Waals surface area contributed by atoms with Gasteiger partial charge < -0.3 is 5.32 Å². The van der Waals surface area contributed by atoms with E-state index in [2.05, 4.69) is 10.4 Å². The monoisotopic (exact) mass is 325 g/mol. The molecule has 0 saturated heterocycles. The minimum Gasteiger partial charge on any atom is -0.350 e. The molecule has 1 N–H and O–H groups in total. The van der Waals surface area contributed by atoms with Crippen LogP contribution in [0, 0.1) is 6.92 Å². The zero-order valence-corrected chi connectivity index (χ0v) is 12.8. The van der Waals surface area contributed by atoms with Crippen molar-refractivity contribution in [3.63, 3.8) is 0 Å². The van der Waals surface area contributed by atoms with E-state index in [1.165, 1.54) is 6.20 Å². The number of nitrogens with one attached hydrogen (secondary N) is 1. The molecule has 1 amide bonds. The molecule has 21 heavy (non-hydrogen) atoms. The summed E-state index contributed by atoms with van der Waals surface area (Å²) in [5, 5.41) is 6.41. The Kier molecular flexibility index (Phi) is 4.98. The molecule has 0 saturated carbocycles. The van der Waals surface area contributed by atoms with Crippen molar-refractivity contribution in [3.05, 3.63) is 62.0 Å². The Morgan fingerprint density at radius 1 is 1.29 bits per heavy atom. The van der Waals surface area contributed by atoms with Crippen LogP contribution in [0.25, 0.3) is 0 Å². The van der Waals surface area contributed by atoms with Crippen LogP contribution in [0.4, 0.5) is 0 Å². The molecular formula is C14H13Cl2N3O2. The normalized spacial score (nSPS) is 10.4. The van der Waals surface area contributed by atoms with Crippen molar-refractivity contribution in [2.75, 3.05) is 0 Å². The largest absolute Gasteiger partial charge is 0.350 e. The highest BCUT2D eigenvalue weighted by Crippen LogP contribution is 2.14. The first kappa shape index (κ1) is 15.5. The molecule has 0 atom stereocenters. The van der Waals surface area contributed by atoms with Crippen molar-refractivity contribution < 1.29 is 4.79 Å². The lowest BCUT2D eigenvalue weighted by atomic mass is 10.1. The van der Waals surface area contributed by atoms with Crippen LogP contribution in [0.15, 0.2) is 35.3 Å². The topological polar surface area (TPSA) is 64.0 Å². The number of rotatable bonds is 4. The van der Waals surface area contributed by atoms with Crippen molar-refractivity contribution in [1.82, 2.24) is 15.1 Å². The van der Waals surface area contributed by atoms with Gasteiger partial charge in [-0.05, 0) is 12.5 Å². The number of hydrogen-bond acceptors (Lipinski definition) is 3. The Bertz CT molecular complexity index is 711. The van der Waals surface area contributed by atoms with Gasteiger partial charge in [-0.1, -0.05) is 53.0 Å². The number of carbonyl (C=O) groups excluding carboxylic acids is 1. The van der Waals surface area contributed by atoms with Gasteiger partial charge in [0.25, 0.3) is 5.56 Å². The van der Waals surface area contributed by atoms with E-state index in [1.807, 2.05) is 31.2 Å². The number of nitrogens with zero attached hydrogens (tertiary/aromatic N) is 2. The second-order valence-electron chi connectivity index (χ2n) is 4.53. The molecule has 0 aliphatic heterocycles. The summed E-state index contributed by atoms with van der Waals surface area (Å²) in [5.41, 5.74) is 1.54. The number of benzene rings is 1. The number of aromatic nitrogens is 2. The second-order valence-corrected chi connectivity index (χ2v) is 5.32. The van der Waals surface area contributed by atoms with Crippen LogP contribution in [0.3, 0.4) is 0 Å². The molecule has 1 aromatic heterocycles. The molecule has 2 rings (SSSR count). The summed E-state index contributed by atoms with van der Waals surface area (Å²) in [6, 6.07) is 7.79. The molecule has 2 aromatic rings. The van der Waals surface area contributed by atoms with Crippen LogP contribution in [0.5, 0.6) is 0 Å². The van der Waals surface area contributed by atoms with Gasteiger partial charge in [-0.25, -0.2) is 4.68 Å². The Balaban J connectivity index is 1.98. The van der Waals surface area contributed by atoms with Crippen molar-refractivity contribution in [2.45, 2.75) is 20.0 Å². The molecule has 110 valence electrons. The highest BCUT2D eigenvalue weighted by atomic mass is 35.5. The molecule has 0 bridgehead atoms. The summed E-state index contributed by atoms with van der Waals surface area (Å²) in [6.45, 7) is 2.17. The average molecular weight is 326 g/mol. The summed E-state index contributed by atoms with van der Waals surface area (Å²) in [5.74, 6) is -0.330. The molecule has 0 radical (unpaired) electrons. The van der Waals surface area contributed by atoms with Gasteiger partial charge in [-0.15, -0.1) is 0 Å². The molecule has 7 heteroatoms. The fraction of sp³-hybridized carbons (Fsp3) is 0.214. The third kappa shape index (κ3) is 4.06. The first-order valence-corrected chi connectivity index (χ1v) is 6.96. The predicted molar refractivity (Wildman–Crippen MR) is 81.5 cm³/mol. The van der Waals surface area contributed by atoms with Crippen LogP contribution in [-0.2, 0) is 17.9 Å². The van der Waals surface area contributed by atoms with E-state index < -0.39 is 5.56 Å². The summed E-state index contributed by atoms with van der Waals surface area (Å²) in [7, 11) is 0. The van der Waals surface area contributed by atoms with Gasteiger partial charge >= 0.3 is 0 Å². The second kappa shape index (κ2) is 6.74. The molecule has 0 spiro atoms. The van der Waals surface area contributed by atoms with Gasteiger partial charge in [0.1, 0.15) is 11.6 Å². The Hall–Kier alpha value is -1.85. The quantitative estimate of drug-likeness (QED) is 0.937. The van der Waals surface area contributed by atoms with Crippen LogP contribution < -0.4 is 10.9 Å². The fourth-order valence-corrected chi connectivity index (χ4v) is 1.93. The zero-order chi connectivity index (χ0) is 15.4. The smallest absolute Gasteiger partial charge is 0.287 e. The predicted octanol–water partition coefficient (Wildman–Crippen LogP) is 2.17. The molecule has 1 aromatic carbocycles. The molecule has 1 heterocycles. The van der Waals surface area contributed by atoms with Crippen molar-refractivity contribution in [3.8, 4) is 0 Å². The van der Waals surface area contributed by atoms with Crippen LogP contribution >= 0.6 is 23.2 Å². The highest BCUT2D eigenvalue weighted by molar-refractivity contribution is 6.41. The van der Waals surface area contributed by atoms with E-state index in [-0.39, 0.29) is 22.5 Å². The maximum Gasteiger partial charge on any atom is 0.287 e. The van der Waals surface area contributed by atoms with Gasteiger partial charge in [0.05, 0.1) is 11.2 Å². The van der Waals surface area contributed by atoms with Crippen molar-refractivity contribution in [1.29, 1.82) is 0 Å². The van der Waals surface area contributed by atoms with E-state index in [1.54, 1.807) is 0 Å². The van der Waals surface area contributed by atoms with Crippen molar-refractivity contribution >= 4 is 29.1 Å². The van der Waals surface area contributed by atoms with Gasteiger partial charge in [0, 0.05) is 6.54 Å². The standard InChI is InChI=1S/C14H13Cl2N3O2/c1-9-2-4-10(5-3-9)6-17-12(20)8-19-14(21)13(16)11(15)7-18-19/h2-5,7H,6,8H2,1H3,(H,17,20). The third-order valence-corrected chi connectivity index (χ3v) is 3.59. The lowest BCUT2D eigenvalue weighted by molar-refractivity contribution is -0.122. The lowest BCUT2D eigenvalue weighted by Crippen LogP contribution is -2.33. The number of aryl methyl sites for hydroxylation is 1. The minimum absolute atomic E-state index is 0.0676. The van der Waals surface area contributed by atoms with Crippen molar-refractivity contribution in [2.24, 2.45) is 0 Å². The first-order valence-electron chi connectivity index (χ1n) is 6.20. The molecular weight excluding hydrogens is 313 g/mol. The summed E-state index contributed by atoms with van der Waals surface area (Å²) < 4.78 is 0.971. The Morgan fingerprint density at radius 2 is 1.95 bits per heavy atom.